The van der Waals surface area contributed by atoms with Crippen LogP contribution in [0, 0.1) is 5.92 Å². The van der Waals surface area contributed by atoms with Crippen LogP contribution < -0.4 is 5.69 Å². The highest BCUT2D eigenvalue weighted by Crippen LogP contribution is 2.15. The lowest BCUT2D eigenvalue weighted by atomic mass is 10.0. The highest BCUT2D eigenvalue weighted by Gasteiger charge is 2.22. The highest BCUT2D eigenvalue weighted by atomic mass is 32.1. The Kier molecular flexibility index (Phi) is 3.87. The molecule has 0 unspecified atom stereocenters. The van der Waals surface area contributed by atoms with Gasteiger partial charge in [-0.25, -0.2) is 4.79 Å². The maximum Gasteiger partial charge on any atom is 0.369 e. The van der Waals surface area contributed by atoms with Crippen molar-refractivity contribution in [2.24, 2.45) is 5.92 Å². The van der Waals surface area contributed by atoms with Crippen LogP contribution >= 0.6 is 11.3 Å². The van der Waals surface area contributed by atoms with Crippen LogP contribution in [-0.4, -0.2) is 43.7 Å². The molecule has 1 aliphatic heterocycles. The summed E-state index contributed by atoms with van der Waals surface area (Å²) >= 11 is 1.40. The SMILES string of the molecule is C[C@@H]1CCCN(C(=O)Cn2nnn(-c3cccs3)c2=O)C1. The van der Waals surface area contributed by atoms with Crippen molar-refractivity contribution in [1.82, 2.24) is 24.7 Å². The minimum atomic E-state index is -0.379. The summed E-state index contributed by atoms with van der Waals surface area (Å²) in [6, 6.07) is 3.63. The van der Waals surface area contributed by atoms with Gasteiger partial charge in [0.05, 0.1) is 0 Å². The fourth-order valence-corrected chi connectivity index (χ4v) is 3.21. The Morgan fingerprint density at radius 2 is 2.33 bits per heavy atom. The van der Waals surface area contributed by atoms with Gasteiger partial charge in [-0.3, -0.25) is 4.79 Å². The van der Waals surface area contributed by atoms with Crippen molar-refractivity contribution in [1.29, 1.82) is 0 Å². The lowest BCUT2D eigenvalue weighted by Gasteiger charge is -2.30. The van der Waals surface area contributed by atoms with Gasteiger partial charge in [-0.1, -0.05) is 6.92 Å². The first-order chi connectivity index (χ1) is 10.1. The second-order valence-electron chi connectivity index (χ2n) is 5.37. The smallest absolute Gasteiger partial charge is 0.341 e. The monoisotopic (exact) mass is 307 g/mol. The number of carbonyl (C=O) groups is 1. The van der Waals surface area contributed by atoms with E-state index in [1.165, 1.54) is 16.0 Å². The van der Waals surface area contributed by atoms with Crippen LogP contribution in [0.25, 0.3) is 5.00 Å². The molecule has 3 rings (SSSR count). The lowest BCUT2D eigenvalue weighted by molar-refractivity contribution is -0.133. The first kappa shape index (κ1) is 14.0. The first-order valence-corrected chi connectivity index (χ1v) is 7.87. The molecule has 0 saturated carbocycles. The van der Waals surface area contributed by atoms with Crippen molar-refractivity contribution in [2.75, 3.05) is 13.1 Å². The molecular weight excluding hydrogens is 290 g/mol. The number of aromatic nitrogens is 4. The molecule has 1 aliphatic rings. The zero-order chi connectivity index (χ0) is 14.8. The number of likely N-dealkylation sites (tertiary alicyclic amines) is 1. The maximum absolute atomic E-state index is 12.3. The Morgan fingerprint density at radius 3 is 3.05 bits per heavy atom. The molecule has 8 heteroatoms. The number of thiophene rings is 1. The van der Waals surface area contributed by atoms with Gasteiger partial charge in [0.2, 0.25) is 5.91 Å². The normalized spacial score (nSPS) is 18.9. The molecule has 2 aromatic rings. The van der Waals surface area contributed by atoms with Crippen LogP contribution in [0.2, 0.25) is 0 Å². The van der Waals surface area contributed by atoms with Crippen LogP contribution in [0.1, 0.15) is 19.8 Å². The van der Waals surface area contributed by atoms with Gasteiger partial charge in [-0.15, -0.1) is 11.3 Å². The van der Waals surface area contributed by atoms with Crippen molar-refractivity contribution >= 4 is 17.2 Å². The number of rotatable bonds is 3. The Labute approximate surface area is 125 Å². The standard InChI is InChI=1S/C13H17N5O2S/c1-10-4-2-6-16(8-10)11(19)9-17-13(20)18(15-14-17)12-5-3-7-21-12/h3,5,7,10H,2,4,6,8-9H2,1H3/t10-/m1/s1. The molecule has 1 saturated heterocycles. The van der Waals surface area contributed by atoms with Crippen LogP contribution in [0.4, 0.5) is 0 Å². The van der Waals surface area contributed by atoms with Crippen molar-refractivity contribution in [2.45, 2.75) is 26.3 Å². The molecule has 112 valence electrons. The molecule has 0 spiro atoms. The van der Waals surface area contributed by atoms with E-state index < -0.39 is 0 Å². The largest absolute Gasteiger partial charge is 0.369 e. The number of hydrogen-bond acceptors (Lipinski definition) is 5. The van der Waals surface area contributed by atoms with Crippen LogP contribution in [0.3, 0.4) is 0 Å². The topological polar surface area (TPSA) is 73.0 Å². The molecule has 3 heterocycles. The van der Waals surface area contributed by atoms with Crippen molar-refractivity contribution in [3.8, 4) is 5.00 Å². The Hall–Kier alpha value is -1.96. The van der Waals surface area contributed by atoms with Crippen LogP contribution in [0.15, 0.2) is 22.3 Å². The van der Waals surface area contributed by atoms with Gasteiger partial charge in [-0.05, 0) is 46.7 Å². The zero-order valence-corrected chi connectivity index (χ0v) is 12.6. The minimum absolute atomic E-state index is 0.0447. The van der Waals surface area contributed by atoms with E-state index in [9.17, 15) is 9.59 Å². The van der Waals surface area contributed by atoms with E-state index in [0.717, 1.165) is 30.6 Å². The molecule has 21 heavy (non-hydrogen) atoms. The third kappa shape index (κ3) is 2.90. The second kappa shape index (κ2) is 5.80. The van der Waals surface area contributed by atoms with E-state index in [1.54, 1.807) is 6.07 Å². The molecule has 0 N–H and O–H groups in total. The molecule has 1 amide bonds. The minimum Gasteiger partial charge on any atom is -0.341 e. The summed E-state index contributed by atoms with van der Waals surface area (Å²) in [5, 5.41) is 10.2. The molecule has 0 radical (unpaired) electrons. The van der Waals surface area contributed by atoms with Gasteiger partial charge in [0, 0.05) is 13.1 Å². The first-order valence-electron chi connectivity index (χ1n) is 6.99. The van der Waals surface area contributed by atoms with E-state index in [0.29, 0.717) is 10.9 Å². The van der Waals surface area contributed by atoms with Gasteiger partial charge < -0.3 is 4.90 Å². The van der Waals surface area contributed by atoms with Crippen LogP contribution in [-0.2, 0) is 11.3 Å². The maximum atomic E-state index is 12.3. The van der Waals surface area contributed by atoms with E-state index >= 15 is 0 Å². The highest BCUT2D eigenvalue weighted by molar-refractivity contribution is 7.12. The third-order valence-electron chi connectivity index (χ3n) is 3.65. The molecule has 0 aliphatic carbocycles. The summed E-state index contributed by atoms with van der Waals surface area (Å²) in [6.45, 7) is 3.61. The summed E-state index contributed by atoms with van der Waals surface area (Å²) in [5.41, 5.74) is -0.379. The fraction of sp³-hybridized carbons (Fsp3) is 0.538. The second-order valence-corrected chi connectivity index (χ2v) is 6.30. The molecule has 1 fully saturated rings. The summed E-state index contributed by atoms with van der Waals surface area (Å²) in [6.07, 6.45) is 2.17. The van der Waals surface area contributed by atoms with E-state index in [2.05, 4.69) is 17.4 Å². The van der Waals surface area contributed by atoms with Gasteiger partial charge in [-0.2, -0.15) is 9.36 Å². The summed E-state index contributed by atoms with van der Waals surface area (Å²) in [7, 11) is 0. The molecule has 7 nitrogen and oxygen atoms in total. The van der Waals surface area contributed by atoms with Crippen LogP contribution in [0.5, 0.6) is 0 Å². The summed E-state index contributed by atoms with van der Waals surface area (Å²) in [4.78, 5) is 26.2. The van der Waals surface area contributed by atoms with E-state index in [4.69, 9.17) is 0 Å². The van der Waals surface area contributed by atoms with Gasteiger partial charge in [0.1, 0.15) is 11.5 Å². The average molecular weight is 307 g/mol. The number of nitrogens with zero attached hydrogens (tertiary/aromatic N) is 5. The fourth-order valence-electron chi connectivity index (χ4n) is 2.55. The lowest BCUT2D eigenvalue weighted by Crippen LogP contribution is -2.42. The summed E-state index contributed by atoms with van der Waals surface area (Å²) in [5.74, 6) is 0.447. The quantitative estimate of drug-likeness (QED) is 0.839. The molecule has 1 atom stereocenters. The van der Waals surface area contributed by atoms with E-state index in [-0.39, 0.29) is 18.1 Å². The Bertz CT molecular complexity index is 675. The number of hydrogen-bond donors (Lipinski definition) is 0. The summed E-state index contributed by atoms with van der Waals surface area (Å²) < 4.78 is 2.35. The molecule has 0 bridgehead atoms. The van der Waals surface area contributed by atoms with Gasteiger partial charge >= 0.3 is 5.69 Å². The van der Waals surface area contributed by atoms with Gasteiger partial charge in [0.25, 0.3) is 0 Å². The predicted molar refractivity (Wildman–Crippen MR) is 78.5 cm³/mol. The number of piperidine rings is 1. The number of amides is 1. The molecular formula is C13H17N5O2S. The van der Waals surface area contributed by atoms with Crippen molar-refractivity contribution < 1.29 is 4.79 Å². The van der Waals surface area contributed by atoms with E-state index in [1.807, 2.05) is 16.3 Å². The molecule has 0 aromatic carbocycles. The van der Waals surface area contributed by atoms with Crippen molar-refractivity contribution in [3.05, 3.63) is 28.0 Å². The van der Waals surface area contributed by atoms with Crippen molar-refractivity contribution in [3.63, 3.8) is 0 Å². The predicted octanol–water partition coefficient (Wildman–Crippen LogP) is 0.749. The average Bonchev–Trinajstić information content (AvgIpc) is 3.10. The molecule has 2 aromatic heterocycles. The Morgan fingerprint density at radius 1 is 1.48 bits per heavy atom. The van der Waals surface area contributed by atoms with Gasteiger partial charge in [0.15, 0.2) is 0 Å². The Balaban J connectivity index is 1.74. The zero-order valence-electron chi connectivity index (χ0n) is 11.8. The number of carbonyl (C=O) groups excluding carboxylic acids is 1. The number of tetrazole rings is 1. The third-order valence-corrected chi connectivity index (χ3v) is 4.49.